The molecular formula is C18H15ClN2OS. The maximum Gasteiger partial charge on any atom is 0.248 e. The maximum absolute atomic E-state index is 12.6. The van der Waals surface area contributed by atoms with Crippen LogP contribution in [0.5, 0.6) is 0 Å². The van der Waals surface area contributed by atoms with Crippen LogP contribution in [-0.2, 0) is 4.79 Å². The number of amides is 1. The van der Waals surface area contributed by atoms with Crippen molar-refractivity contribution in [2.75, 3.05) is 10.8 Å². The fraction of sp³-hybridized carbons (Fsp3) is 0.222. The lowest BCUT2D eigenvalue weighted by Gasteiger charge is -2.29. The van der Waals surface area contributed by atoms with E-state index in [9.17, 15) is 4.79 Å². The monoisotopic (exact) mass is 342 g/mol. The summed E-state index contributed by atoms with van der Waals surface area (Å²) in [4.78, 5) is 13.8. The zero-order valence-electron chi connectivity index (χ0n) is 12.4. The molecule has 2 aliphatic heterocycles. The number of hydrogen-bond donors (Lipinski definition) is 0. The SMILES string of the molecule is O=C1CC2CCSc3ccccc3C2=NN1c1ccccc1Cl. The van der Waals surface area contributed by atoms with E-state index in [-0.39, 0.29) is 11.8 Å². The van der Waals surface area contributed by atoms with Gasteiger partial charge in [0.2, 0.25) is 5.91 Å². The quantitative estimate of drug-likeness (QED) is 0.759. The third-order valence-electron chi connectivity index (χ3n) is 4.22. The standard InChI is InChI=1S/C18H15ClN2OS/c19-14-6-2-3-7-15(14)21-17(22)11-12-9-10-23-16-8-4-1-5-13(16)18(12)20-21/h1-8,12H,9-11H2. The number of carbonyl (C=O) groups excluding carboxylic acids is 1. The lowest BCUT2D eigenvalue weighted by atomic mass is 9.90. The molecular weight excluding hydrogens is 328 g/mol. The van der Waals surface area contributed by atoms with E-state index in [1.807, 2.05) is 42.1 Å². The normalized spacial score (nSPS) is 20.4. The molecule has 116 valence electrons. The topological polar surface area (TPSA) is 32.7 Å². The predicted molar refractivity (Wildman–Crippen MR) is 95.4 cm³/mol. The van der Waals surface area contributed by atoms with E-state index >= 15 is 0 Å². The van der Waals surface area contributed by atoms with Crippen LogP contribution < -0.4 is 5.01 Å². The molecule has 2 aliphatic rings. The second-order valence-corrected chi connectivity index (χ2v) is 7.22. The fourth-order valence-corrected chi connectivity index (χ4v) is 4.42. The van der Waals surface area contributed by atoms with Crippen LogP contribution in [0.2, 0.25) is 5.02 Å². The van der Waals surface area contributed by atoms with Gasteiger partial charge >= 0.3 is 0 Å². The Bertz CT molecular complexity index is 805. The number of para-hydroxylation sites is 1. The summed E-state index contributed by atoms with van der Waals surface area (Å²) in [5.41, 5.74) is 2.80. The molecule has 4 rings (SSSR count). The van der Waals surface area contributed by atoms with Crippen molar-refractivity contribution >= 4 is 40.7 Å². The summed E-state index contributed by atoms with van der Waals surface area (Å²) in [5, 5.41) is 6.73. The molecule has 0 spiro atoms. The van der Waals surface area contributed by atoms with Crippen molar-refractivity contribution in [3.05, 3.63) is 59.1 Å². The van der Waals surface area contributed by atoms with Gasteiger partial charge in [0, 0.05) is 22.8 Å². The molecule has 0 saturated carbocycles. The van der Waals surface area contributed by atoms with Crippen LogP contribution in [0.25, 0.3) is 0 Å². The second-order valence-electron chi connectivity index (χ2n) is 5.68. The minimum Gasteiger partial charge on any atom is -0.273 e. The minimum absolute atomic E-state index is 0.0104. The molecule has 0 bridgehead atoms. The summed E-state index contributed by atoms with van der Waals surface area (Å²) in [5.74, 6) is 1.22. The minimum atomic E-state index is 0.0104. The van der Waals surface area contributed by atoms with Crippen LogP contribution in [-0.4, -0.2) is 17.4 Å². The van der Waals surface area contributed by atoms with Gasteiger partial charge in [0.05, 0.1) is 16.4 Å². The molecule has 2 heterocycles. The van der Waals surface area contributed by atoms with Gasteiger partial charge in [0.1, 0.15) is 0 Å². The molecule has 0 aromatic heterocycles. The van der Waals surface area contributed by atoms with Gasteiger partial charge in [0.25, 0.3) is 0 Å². The van der Waals surface area contributed by atoms with Crippen molar-refractivity contribution < 1.29 is 4.79 Å². The number of anilines is 1. The summed E-state index contributed by atoms with van der Waals surface area (Å²) in [6, 6.07) is 15.6. The first-order valence-electron chi connectivity index (χ1n) is 7.62. The molecule has 2 aromatic carbocycles. The first kappa shape index (κ1) is 14.8. The van der Waals surface area contributed by atoms with E-state index in [0.717, 1.165) is 23.4 Å². The van der Waals surface area contributed by atoms with Crippen molar-refractivity contribution in [2.45, 2.75) is 17.7 Å². The number of rotatable bonds is 1. The first-order valence-corrected chi connectivity index (χ1v) is 8.98. The van der Waals surface area contributed by atoms with Crippen LogP contribution in [0, 0.1) is 5.92 Å². The van der Waals surface area contributed by atoms with Gasteiger partial charge in [-0.2, -0.15) is 10.1 Å². The average molecular weight is 343 g/mol. The molecule has 0 aliphatic carbocycles. The van der Waals surface area contributed by atoms with Gasteiger partial charge in [-0.15, -0.1) is 11.8 Å². The molecule has 3 nitrogen and oxygen atoms in total. The average Bonchev–Trinajstić information content (AvgIpc) is 2.74. The van der Waals surface area contributed by atoms with Gasteiger partial charge in [-0.05, 0) is 30.4 Å². The zero-order valence-corrected chi connectivity index (χ0v) is 14.0. The van der Waals surface area contributed by atoms with E-state index < -0.39 is 0 Å². The van der Waals surface area contributed by atoms with Crippen molar-refractivity contribution in [3.63, 3.8) is 0 Å². The highest BCUT2D eigenvalue weighted by atomic mass is 35.5. The van der Waals surface area contributed by atoms with E-state index in [1.165, 1.54) is 9.90 Å². The summed E-state index contributed by atoms with van der Waals surface area (Å²) >= 11 is 8.10. The Balaban J connectivity index is 1.85. The highest BCUT2D eigenvalue weighted by Crippen LogP contribution is 2.37. The third kappa shape index (κ3) is 2.66. The Morgan fingerprint density at radius 3 is 2.78 bits per heavy atom. The Morgan fingerprint density at radius 1 is 1.13 bits per heavy atom. The highest BCUT2D eigenvalue weighted by molar-refractivity contribution is 7.99. The number of hydrazone groups is 1. The molecule has 0 radical (unpaired) electrons. The van der Waals surface area contributed by atoms with Gasteiger partial charge < -0.3 is 0 Å². The molecule has 2 aromatic rings. The first-order chi connectivity index (χ1) is 11.2. The molecule has 1 amide bonds. The van der Waals surface area contributed by atoms with Crippen LogP contribution in [0.1, 0.15) is 18.4 Å². The van der Waals surface area contributed by atoms with Gasteiger partial charge in [0.15, 0.2) is 0 Å². The van der Waals surface area contributed by atoms with Crippen molar-refractivity contribution in [3.8, 4) is 0 Å². The highest BCUT2D eigenvalue weighted by Gasteiger charge is 2.33. The number of fused-ring (bicyclic) bond motifs is 3. The molecule has 5 heteroatoms. The van der Waals surface area contributed by atoms with Gasteiger partial charge in [-0.25, -0.2) is 0 Å². The number of nitrogens with zero attached hydrogens (tertiary/aromatic N) is 2. The zero-order chi connectivity index (χ0) is 15.8. The number of halogens is 1. The number of hydrogen-bond acceptors (Lipinski definition) is 3. The maximum atomic E-state index is 12.6. The Labute approximate surface area is 144 Å². The van der Waals surface area contributed by atoms with Crippen molar-refractivity contribution in [1.29, 1.82) is 0 Å². The number of carbonyl (C=O) groups is 1. The molecule has 1 unspecified atom stereocenters. The van der Waals surface area contributed by atoms with E-state index in [0.29, 0.717) is 17.1 Å². The van der Waals surface area contributed by atoms with Crippen molar-refractivity contribution in [2.24, 2.45) is 11.0 Å². The summed E-state index contributed by atoms with van der Waals surface area (Å²) in [7, 11) is 0. The van der Waals surface area contributed by atoms with Crippen molar-refractivity contribution in [1.82, 2.24) is 0 Å². The lowest BCUT2D eigenvalue weighted by molar-refractivity contribution is -0.119. The van der Waals surface area contributed by atoms with Crippen LogP contribution in [0.15, 0.2) is 58.5 Å². The molecule has 23 heavy (non-hydrogen) atoms. The molecule has 0 saturated heterocycles. The Kier molecular flexibility index (Phi) is 3.87. The lowest BCUT2D eigenvalue weighted by Crippen LogP contribution is -2.37. The van der Waals surface area contributed by atoms with Gasteiger partial charge in [-0.1, -0.05) is 41.9 Å². The third-order valence-corrected chi connectivity index (χ3v) is 5.65. The predicted octanol–water partition coefficient (Wildman–Crippen LogP) is 4.59. The summed E-state index contributed by atoms with van der Waals surface area (Å²) in [6.45, 7) is 0. The molecule has 1 atom stereocenters. The number of benzene rings is 2. The molecule has 0 N–H and O–H groups in total. The van der Waals surface area contributed by atoms with Crippen LogP contribution >= 0.6 is 23.4 Å². The fourth-order valence-electron chi connectivity index (χ4n) is 3.08. The summed E-state index contributed by atoms with van der Waals surface area (Å²) in [6.07, 6.45) is 1.46. The van der Waals surface area contributed by atoms with E-state index in [2.05, 4.69) is 12.1 Å². The Hall–Kier alpha value is -1.78. The Morgan fingerprint density at radius 2 is 1.91 bits per heavy atom. The van der Waals surface area contributed by atoms with Gasteiger partial charge in [-0.3, -0.25) is 4.79 Å². The second kappa shape index (κ2) is 6.02. The molecule has 0 fully saturated rings. The smallest absolute Gasteiger partial charge is 0.248 e. The van der Waals surface area contributed by atoms with Crippen LogP contribution in [0.4, 0.5) is 5.69 Å². The largest absolute Gasteiger partial charge is 0.273 e. The number of thioether (sulfide) groups is 1. The van der Waals surface area contributed by atoms with E-state index in [4.69, 9.17) is 16.7 Å². The van der Waals surface area contributed by atoms with Crippen LogP contribution in [0.3, 0.4) is 0 Å². The van der Waals surface area contributed by atoms with E-state index in [1.54, 1.807) is 6.07 Å². The summed E-state index contributed by atoms with van der Waals surface area (Å²) < 4.78 is 0.